The molecule has 0 spiro atoms. The third-order valence-electron chi connectivity index (χ3n) is 5.25. The van der Waals surface area contributed by atoms with Crippen molar-refractivity contribution in [1.82, 2.24) is 9.97 Å². The number of halogens is 2. The Labute approximate surface area is 204 Å². The number of amides is 1. The van der Waals surface area contributed by atoms with Crippen LogP contribution in [-0.4, -0.2) is 37.2 Å². The number of hydrogen-bond donors (Lipinski definition) is 0. The van der Waals surface area contributed by atoms with Crippen molar-refractivity contribution in [2.45, 2.75) is 24.3 Å². The number of carbonyl (C=O) groups is 1. The fourth-order valence-electron chi connectivity index (χ4n) is 3.44. The zero-order chi connectivity index (χ0) is 25.0. The fraction of sp³-hybridized carbons (Fsp3) is 0.208. The molecule has 0 aliphatic rings. The van der Waals surface area contributed by atoms with Crippen molar-refractivity contribution >= 4 is 42.4 Å². The number of aromatic nitrogens is 2. The predicted octanol–water partition coefficient (Wildman–Crippen LogP) is 4.77. The molecule has 4 aromatic rings. The first-order valence-electron chi connectivity index (χ1n) is 10.6. The van der Waals surface area contributed by atoms with Gasteiger partial charge in [-0.15, -0.1) is 0 Å². The second kappa shape index (κ2) is 10.4. The predicted molar refractivity (Wildman–Crippen MR) is 129 cm³/mol. The smallest absolute Gasteiger partial charge is 0.229 e. The van der Waals surface area contributed by atoms with E-state index in [9.17, 15) is 22.0 Å². The van der Waals surface area contributed by atoms with Crippen molar-refractivity contribution in [1.29, 1.82) is 0 Å². The maximum absolute atomic E-state index is 14.2. The topological polar surface area (TPSA) is 89.5 Å². The highest BCUT2D eigenvalue weighted by Gasteiger charge is 2.23. The molecule has 0 atom stereocenters. The van der Waals surface area contributed by atoms with E-state index in [4.69, 9.17) is 4.74 Å². The third-order valence-corrected chi connectivity index (χ3v) is 8.09. The van der Waals surface area contributed by atoms with Gasteiger partial charge < -0.3 is 4.74 Å². The molecule has 0 aliphatic carbocycles. The van der Waals surface area contributed by atoms with Gasteiger partial charge in [0.2, 0.25) is 5.91 Å². The van der Waals surface area contributed by atoms with Crippen LogP contribution in [0.4, 0.5) is 13.9 Å². The summed E-state index contributed by atoms with van der Waals surface area (Å²) >= 11 is 0.989. The van der Waals surface area contributed by atoms with Crippen LogP contribution in [0.25, 0.3) is 10.2 Å². The lowest BCUT2D eigenvalue weighted by Crippen LogP contribution is -2.30. The number of rotatable bonds is 9. The normalized spacial score (nSPS) is 11.5. The first kappa shape index (κ1) is 24.7. The van der Waals surface area contributed by atoms with Crippen LogP contribution < -0.4 is 9.64 Å². The molecule has 7 nitrogen and oxygen atoms in total. The standard InChI is InChI=1S/C24H21F2N3O4S2/c1-33-18-4-6-19(7-5-18)35(31,32)12-2-3-22(30)29(15-16-8-10-27-11-9-16)24-28-23-20(26)13-17(25)14-21(23)34-24/h4-11,13-14H,2-3,12,15H2,1H3. The van der Waals surface area contributed by atoms with Crippen LogP contribution in [0.3, 0.4) is 0 Å². The van der Waals surface area contributed by atoms with Crippen LogP contribution in [0.15, 0.2) is 65.8 Å². The number of fused-ring (bicyclic) bond motifs is 1. The van der Waals surface area contributed by atoms with E-state index in [-0.39, 0.29) is 51.3 Å². The lowest BCUT2D eigenvalue weighted by molar-refractivity contribution is -0.118. The van der Waals surface area contributed by atoms with Gasteiger partial charge in [-0.1, -0.05) is 11.3 Å². The van der Waals surface area contributed by atoms with Crippen molar-refractivity contribution in [2.75, 3.05) is 17.8 Å². The van der Waals surface area contributed by atoms with E-state index < -0.39 is 21.5 Å². The van der Waals surface area contributed by atoms with Gasteiger partial charge in [0, 0.05) is 24.9 Å². The summed E-state index contributed by atoms with van der Waals surface area (Å²) in [7, 11) is -2.11. The molecule has 2 heterocycles. The van der Waals surface area contributed by atoms with Crippen LogP contribution in [0, 0.1) is 11.6 Å². The van der Waals surface area contributed by atoms with Gasteiger partial charge in [-0.05, 0) is 54.4 Å². The summed E-state index contributed by atoms with van der Waals surface area (Å²) in [5.74, 6) is -1.62. The molecule has 0 N–H and O–H groups in total. The average molecular weight is 518 g/mol. The number of thiazole rings is 1. The van der Waals surface area contributed by atoms with Gasteiger partial charge in [-0.2, -0.15) is 0 Å². The number of pyridine rings is 1. The van der Waals surface area contributed by atoms with E-state index >= 15 is 0 Å². The minimum absolute atomic E-state index is 0.0268. The molecule has 0 saturated carbocycles. The molecule has 2 aromatic carbocycles. The molecule has 0 radical (unpaired) electrons. The molecule has 182 valence electrons. The SMILES string of the molecule is COc1ccc(S(=O)(=O)CCCC(=O)N(Cc2ccncc2)c2nc3c(F)cc(F)cc3s2)cc1. The molecule has 0 bridgehead atoms. The maximum atomic E-state index is 14.2. The summed E-state index contributed by atoms with van der Waals surface area (Å²) in [6.07, 6.45) is 3.15. The number of carbonyl (C=O) groups excluding carboxylic acids is 1. The number of sulfone groups is 1. The van der Waals surface area contributed by atoms with Gasteiger partial charge in [0.15, 0.2) is 20.8 Å². The monoisotopic (exact) mass is 517 g/mol. The van der Waals surface area contributed by atoms with Crippen molar-refractivity contribution in [3.05, 3.63) is 78.1 Å². The quantitative estimate of drug-likeness (QED) is 0.318. The van der Waals surface area contributed by atoms with Crippen LogP contribution in [0.1, 0.15) is 18.4 Å². The number of nitrogens with zero attached hydrogens (tertiary/aromatic N) is 3. The average Bonchev–Trinajstić information content (AvgIpc) is 3.27. The first-order chi connectivity index (χ1) is 16.8. The third kappa shape index (κ3) is 5.80. The summed E-state index contributed by atoms with van der Waals surface area (Å²) < 4.78 is 58.5. The highest BCUT2D eigenvalue weighted by atomic mass is 32.2. The molecule has 35 heavy (non-hydrogen) atoms. The van der Waals surface area contributed by atoms with E-state index in [1.165, 1.54) is 24.1 Å². The lowest BCUT2D eigenvalue weighted by atomic mass is 10.2. The van der Waals surface area contributed by atoms with E-state index in [0.29, 0.717) is 5.75 Å². The van der Waals surface area contributed by atoms with Gasteiger partial charge >= 0.3 is 0 Å². The van der Waals surface area contributed by atoms with Crippen molar-refractivity contribution in [2.24, 2.45) is 0 Å². The van der Waals surface area contributed by atoms with E-state index in [1.807, 2.05) is 0 Å². The van der Waals surface area contributed by atoms with Crippen molar-refractivity contribution in [3.8, 4) is 5.75 Å². The summed E-state index contributed by atoms with van der Waals surface area (Å²) in [4.78, 5) is 22.9. The molecule has 0 saturated heterocycles. The molecule has 0 fully saturated rings. The number of benzene rings is 2. The molecule has 1 amide bonds. The Hall–Kier alpha value is -3.44. The zero-order valence-corrected chi connectivity index (χ0v) is 20.3. The molecule has 2 aromatic heterocycles. The van der Waals surface area contributed by atoms with Crippen LogP contribution in [0.2, 0.25) is 0 Å². The Morgan fingerprint density at radius 1 is 1.09 bits per heavy atom. The Morgan fingerprint density at radius 2 is 1.80 bits per heavy atom. The Balaban J connectivity index is 1.53. The Bertz CT molecular complexity index is 1440. The highest BCUT2D eigenvalue weighted by Crippen LogP contribution is 2.32. The fourth-order valence-corrected chi connectivity index (χ4v) is 5.78. The number of ether oxygens (including phenoxy) is 1. The zero-order valence-electron chi connectivity index (χ0n) is 18.6. The van der Waals surface area contributed by atoms with Crippen molar-refractivity contribution < 1.29 is 26.7 Å². The summed E-state index contributed by atoms with van der Waals surface area (Å²) in [6.45, 7) is 0.122. The van der Waals surface area contributed by atoms with Crippen LogP contribution in [0.5, 0.6) is 5.75 Å². The second-order valence-electron chi connectivity index (χ2n) is 7.66. The second-order valence-corrected chi connectivity index (χ2v) is 10.8. The molecule has 11 heteroatoms. The molecule has 0 unspecified atom stereocenters. The van der Waals surface area contributed by atoms with E-state index in [2.05, 4.69) is 9.97 Å². The van der Waals surface area contributed by atoms with Crippen LogP contribution >= 0.6 is 11.3 Å². The van der Waals surface area contributed by atoms with E-state index in [1.54, 1.807) is 36.7 Å². The van der Waals surface area contributed by atoms with Gasteiger partial charge in [0.1, 0.15) is 17.1 Å². The largest absolute Gasteiger partial charge is 0.497 e. The summed E-state index contributed by atoms with van der Waals surface area (Å²) in [5.41, 5.74) is 0.728. The van der Waals surface area contributed by atoms with Gasteiger partial charge in [-0.25, -0.2) is 22.2 Å². The first-order valence-corrected chi connectivity index (χ1v) is 13.1. The maximum Gasteiger partial charge on any atom is 0.229 e. The number of methoxy groups -OCH3 is 1. The van der Waals surface area contributed by atoms with Gasteiger partial charge in [0.25, 0.3) is 0 Å². The lowest BCUT2D eigenvalue weighted by Gasteiger charge is -2.20. The van der Waals surface area contributed by atoms with Crippen molar-refractivity contribution in [3.63, 3.8) is 0 Å². The summed E-state index contributed by atoms with van der Waals surface area (Å²) in [6, 6.07) is 11.4. The van der Waals surface area contributed by atoms with E-state index in [0.717, 1.165) is 29.0 Å². The highest BCUT2D eigenvalue weighted by molar-refractivity contribution is 7.91. The Morgan fingerprint density at radius 3 is 2.49 bits per heavy atom. The minimum Gasteiger partial charge on any atom is -0.497 e. The summed E-state index contributed by atoms with van der Waals surface area (Å²) in [5, 5.41) is 0.198. The van der Waals surface area contributed by atoms with Gasteiger partial charge in [0.05, 0.1) is 29.0 Å². The minimum atomic E-state index is -3.60. The van der Waals surface area contributed by atoms with Gasteiger partial charge in [-0.3, -0.25) is 14.7 Å². The van der Waals surface area contributed by atoms with Crippen LogP contribution in [-0.2, 0) is 21.2 Å². The molecule has 0 aliphatic heterocycles. The molecular weight excluding hydrogens is 496 g/mol. The number of anilines is 1. The Kier molecular flexibility index (Phi) is 7.37. The number of hydrogen-bond acceptors (Lipinski definition) is 7. The molecular formula is C24H21F2N3O4S2. The molecule has 4 rings (SSSR count).